The Morgan fingerprint density at radius 2 is 1.24 bits per heavy atom. The summed E-state index contributed by atoms with van der Waals surface area (Å²) in [7, 11) is 0. The summed E-state index contributed by atoms with van der Waals surface area (Å²) >= 11 is 0. The highest BCUT2D eigenvalue weighted by Gasteiger charge is 2.17. The van der Waals surface area contributed by atoms with Crippen LogP contribution in [0.5, 0.6) is 0 Å². The van der Waals surface area contributed by atoms with Crippen molar-refractivity contribution in [3.8, 4) is 0 Å². The summed E-state index contributed by atoms with van der Waals surface area (Å²) in [6.45, 7) is 2.05. The fourth-order valence-electron chi connectivity index (χ4n) is 4.10. The van der Waals surface area contributed by atoms with Crippen LogP contribution in [0.4, 0.5) is 0 Å². The molecule has 5 rings (SSSR count). The van der Waals surface area contributed by atoms with Gasteiger partial charge in [-0.15, -0.1) is 0 Å². The average molecular weight is 323 g/mol. The molecule has 0 fully saturated rings. The summed E-state index contributed by atoms with van der Waals surface area (Å²) in [6, 6.07) is 25.5. The first-order valence-corrected chi connectivity index (χ1v) is 8.55. The molecule has 0 bridgehead atoms. The fraction of sp³-hybridized carbons (Fsp3) is 0.0870. The molecular formula is C23H17NO. The number of nitrogens with zero attached hydrogens (tertiary/aromatic N) is 1. The predicted molar refractivity (Wildman–Crippen MR) is 105 cm³/mol. The fourth-order valence-corrected chi connectivity index (χ4v) is 4.10. The zero-order valence-corrected chi connectivity index (χ0v) is 14.0. The van der Waals surface area contributed by atoms with E-state index in [1.54, 1.807) is 6.92 Å². The van der Waals surface area contributed by atoms with Crippen LogP contribution in [0.25, 0.3) is 43.4 Å². The first kappa shape index (κ1) is 14.2. The molecule has 0 radical (unpaired) electrons. The van der Waals surface area contributed by atoms with E-state index in [0.717, 1.165) is 11.0 Å². The van der Waals surface area contributed by atoms with Crippen LogP contribution in [0, 0.1) is 0 Å². The van der Waals surface area contributed by atoms with E-state index in [1.165, 1.54) is 32.3 Å². The van der Waals surface area contributed by atoms with Crippen molar-refractivity contribution in [1.29, 1.82) is 0 Å². The van der Waals surface area contributed by atoms with Gasteiger partial charge in [-0.2, -0.15) is 0 Å². The van der Waals surface area contributed by atoms with Crippen LogP contribution in [0.3, 0.4) is 0 Å². The second-order valence-corrected chi connectivity index (χ2v) is 6.62. The molecule has 0 atom stereocenters. The molecule has 0 spiro atoms. The summed E-state index contributed by atoms with van der Waals surface area (Å²) in [5.41, 5.74) is 2.28. The SMILES string of the molecule is CC(=O)Cn1c2ccccc2c2c3ccccc3c3ccccc3c21. The van der Waals surface area contributed by atoms with Crippen LogP contribution < -0.4 is 0 Å². The monoisotopic (exact) mass is 323 g/mol. The van der Waals surface area contributed by atoms with Crippen molar-refractivity contribution < 1.29 is 4.79 Å². The smallest absolute Gasteiger partial charge is 0.149 e. The van der Waals surface area contributed by atoms with E-state index in [9.17, 15) is 4.79 Å². The van der Waals surface area contributed by atoms with Gasteiger partial charge in [-0.3, -0.25) is 4.79 Å². The number of para-hydroxylation sites is 1. The molecule has 0 saturated heterocycles. The van der Waals surface area contributed by atoms with Crippen LogP contribution in [0.15, 0.2) is 72.8 Å². The second kappa shape index (κ2) is 5.18. The van der Waals surface area contributed by atoms with E-state index in [4.69, 9.17) is 0 Å². The number of benzene rings is 4. The van der Waals surface area contributed by atoms with Gasteiger partial charge < -0.3 is 4.57 Å². The maximum atomic E-state index is 12.0. The quantitative estimate of drug-likeness (QED) is 0.382. The van der Waals surface area contributed by atoms with Gasteiger partial charge in [-0.1, -0.05) is 66.7 Å². The summed E-state index contributed by atoms with van der Waals surface area (Å²) in [4.78, 5) is 12.0. The van der Waals surface area contributed by atoms with Crippen LogP contribution in [0.1, 0.15) is 6.92 Å². The normalized spacial score (nSPS) is 11.7. The molecule has 0 aliphatic heterocycles. The molecule has 2 heteroatoms. The Labute approximate surface area is 145 Å². The number of fused-ring (bicyclic) bond motifs is 8. The van der Waals surface area contributed by atoms with Gasteiger partial charge >= 0.3 is 0 Å². The maximum absolute atomic E-state index is 12.0. The highest BCUT2D eigenvalue weighted by atomic mass is 16.1. The number of hydrogen-bond acceptors (Lipinski definition) is 1. The van der Waals surface area contributed by atoms with Crippen molar-refractivity contribution in [2.45, 2.75) is 13.5 Å². The second-order valence-electron chi connectivity index (χ2n) is 6.62. The lowest BCUT2D eigenvalue weighted by molar-refractivity contribution is -0.117. The largest absolute Gasteiger partial charge is 0.332 e. The van der Waals surface area contributed by atoms with Crippen molar-refractivity contribution in [3.63, 3.8) is 0 Å². The Morgan fingerprint density at radius 1 is 0.720 bits per heavy atom. The first-order chi connectivity index (χ1) is 12.3. The van der Waals surface area contributed by atoms with E-state index >= 15 is 0 Å². The number of rotatable bonds is 2. The topological polar surface area (TPSA) is 22.0 Å². The molecule has 25 heavy (non-hydrogen) atoms. The van der Waals surface area contributed by atoms with Gasteiger partial charge in [-0.05, 0) is 29.1 Å². The van der Waals surface area contributed by atoms with Crippen LogP contribution >= 0.6 is 0 Å². The molecule has 0 aliphatic carbocycles. The number of carbonyl (C=O) groups is 1. The molecule has 1 aromatic heterocycles. The Morgan fingerprint density at radius 3 is 1.92 bits per heavy atom. The lowest BCUT2D eigenvalue weighted by Gasteiger charge is -2.10. The van der Waals surface area contributed by atoms with Gasteiger partial charge in [0.25, 0.3) is 0 Å². The number of Topliss-reactive ketones (excluding diaryl/α,β-unsaturated/α-hetero) is 1. The van der Waals surface area contributed by atoms with Crippen LogP contribution in [-0.2, 0) is 11.3 Å². The van der Waals surface area contributed by atoms with E-state index in [1.807, 2.05) is 6.07 Å². The van der Waals surface area contributed by atoms with Gasteiger partial charge in [0.15, 0.2) is 0 Å². The number of carbonyl (C=O) groups excluding carboxylic acids is 1. The zero-order valence-electron chi connectivity index (χ0n) is 14.0. The third kappa shape index (κ3) is 1.94. The minimum absolute atomic E-state index is 0.167. The third-order valence-corrected chi connectivity index (χ3v) is 5.02. The van der Waals surface area contributed by atoms with Crippen molar-refractivity contribution in [3.05, 3.63) is 72.8 Å². The van der Waals surface area contributed by atoms with Gasteiger partial charge in [-0.25, -0.2) is 0 Å². The molecule has 120 valence electrons. The van der Waals surface area contributed by atoms with Crippen molar-refractivity contribution in [1.82, 2.24) is 4.57 Å². The Balaban J connectivity index is 2.18. The summed E-state index contributed by atoms with van der Waals surface area (Å²) in [6.07, 6.45) is 0. The molecule has 1 heterocycles. The van der Waals surface area contributed by atoms with Gasteiger partial charge in [0.2, 0.25) is 0 Å². The predicted octanol–water partition coefficient (Wildman–Crippen LogP) is 5.69. The molecular weight excluding hydrogens is 306 g/mol. The van der Waals surface area contributed by atoms with E-state index < -0.39 is 0 Å². The Hall–Kier alpha value is -3.13. The van der Waals surface area contributed by atoms with Gasteiger partial charge in [0, 0.05) is 21.7 Å². The number of hydrogen-bond donors (Lipinski definition) is 0. The molecule has 0 amide bonds. The summed E-state index contributed by atoms with van der Waals surface area (Å²) < 4.78 is 2.18. The van der Waals surface area contributed by atoms with Crippen LogP contribution in [-0.4, -0.2) is 10.4 Å². The molecule has 2 nitrogen and oxygen atoms in total. The van der Waals surface area contributed by atoms with E-state index in [0.29, 0.717) is 6.54 Å². The molecule has 0 unspecified atom stereocenters. The Bertz CT molecular complexity index is 1290. The minimum atomic E-state index is 0.167. The van der Waals surface area contributed by atoms with E-state index in [2.05, 4.69) is 71.3 Å². The first-order valence-electron chi connectivity index (χ1n) is 8.55. The Kier molecular flexibility index (Phi) is 2.95. The highest BCUT2D eigenvalue weighted by molar-refractivity contribution is 6.31. The number of ketones is 1. The van der Waals surface area contributed by atoms with Gasteiger partial charge in [0.1, 0.15) is 5.78 Å². The van der Waals surface area contributed by atoms with Crippen molar-refractivity contribution in [2.24, 2.45) is 0 Å². The minimum Gasteiger partial charge on any atom is -0.332 e. The van der Waals surface area contributed by atoms with Crippen molar-refractivity contribution >= 4 is 49.1 Å². The molecule has 0 saturated carbocycles. The molecule has 0 N–H and O–H groups in total. The standard InChI is InChI=1S/C23H17NO/c1-15(25)14-24-21-13-7-6-12-20(21)22-18-10-4-2-8-16(18)17-9-3-5-11-19(17)23(22)24/h2-13H,14H2,1H3. The van der Waals surface area contributed by atoms with E-state index in [-0.39, 0.29) is 5.78 Å². The highest BCUT2D eigenvalue weighted by Crippen LogP contribution is 2.40. The van der Waals surface area contributed by atoms with Crippen molar-refractivity contribution in [2.75, 3.05) is 0 Å². The average Bonchev–Trinajstić information content (AvgIpc) is 2.96. The number of aromatic nitrogens is 1. The van der Waals surface area contributed by atoms with Crippen LogP contribution in [0.2, 0.25) is 0 Å². The third-order valence-electron chi connectivity index (χ3n) is 5.02. The zero-order chi connectivity index (χ0) is 17.0. The molecule has 0 aliphatic rings. The lowest BCUT2D eigenvalue weighted by atomic mass is 9.97. The van der Waals surface area contributed by atoms with Gasteiger partial charge in [0.05, 0.1) is 12.1 Å². The molecule has 5 aromatic rings. The maximum Gasteiger partial charge on any atom is 0.149 e. The summed E-state index contributed by atoms with van der Waals surface area (Å²) in [5, 5.41) is 7.39. The summed E-state index contributed by atoms with van der Waals surface area (Å²) in [5.74, 6) is 0.167. The molecule has 4 aromatic carbocycles. The lowest BCUT2D eigenvalue weighted by Crippen LogP contribution is -2.05.